The molecule has 0 aromatic heterocycles. The summed E-state index contributed by atoms with van der Waals surface area (Å²) in [7, 11) is 0. The van der Waals surface area contributed by atoms with Crippen LogP contribution >= 0.6 is 0 Å². The molecule has 0 saturated carbocycles. The summed E-state index contributed by atoms with van der Waals surface area (Å²) in [6, 6.07) is 7.77. The Morgan fingerprint density at radius 3 is 2.29 bits per heavy atom. The molecule has 0 unspecified atom stereocenters. The highest BCUT2D eigenvalue weighted by atomic mass is 19.2. The van der Waals surface area contributed by atoms with Crippen molar-refractivity contribution in [3.05, 3.63) is 59.4 Å². The first-order chi connectivity index (χ1) is 9.97. The van der Waals surface area contributed by atoms with Gasteiger partial charge in [-0.2, -0.15) is 0 Å². The zero-order valence-corrected chi connectivity index (χ0v) is 11.1. The van der Waals surface area contributed by atoms with Crippen molar-refractivity contribution in [1.82, 2.24) is 0 Å². The number of halogens is 3. The third-order valence-corrected chi connectivity index (χ3v) is 3.04. The Balaban J connectivity index is 2.57. The van der Waals surface area contributed by atoms with Crippen molar-refractivity contribution in [1.29, 1.82) is 0 Å². The fourth-order valence-electron chi connectivity index (χ4n) is 2.05. The summed E-state index contributed by atoms with van der Waals surface area (Å²) in [5, 5.41) is 8.76. The largest absolute Gasteiger partial charge is 0.478 e. The summed E-state index contributed by atoms with van der Waals surface area (Å²) in [6.07, 6.45) is 0. The van der Waals surface area contributed by atoms with Gasteiger partial charge in [-0.3, -0.25) is 0 Å². The van der Waals surface area contributed by atoms with Gasteiger partial charge in [0.15, 0.2) is 11.6 Å². The normalized spacial score (nSPS) is 10.5. The molecule has 0 spiro atoms. The molecule has 0 saturated heterocycles. The highest BCUT2D eigenvalue weighted by molar-refractivity contribution is 5.88. The molecule has 0 radical (unpaired) electrons. The second kappa shape index (κ2) is 5.87. The van der Waals surface area contributed by atoms with Crippen molar-refractivity contribution in [2.24, 2.45) is 0 Å². The summed E-state index contributed by atoms with van der Waals surface area (Å²) < 4.78 is 41.6. The topological polar surface area (TPSA) is 40.5 Å². The third-order valence-electron chi connectivity index (χ3n) is 3.04. The van der Waals surface area contributed by atoms with Crippen LogP contribution in [-0.4, -0.2) is 17.6 Å². The third kappa shape index (κ3) is 2.69. The molecule has 2 aromatic rings. The minimum atomic E-state index is -1.56. The van der Waals surface area contributed by atoms with Gasteiger partial charge < -0.3 is 10.0 Å². The molecule has 21 heavy (non-hydrogen) atoms. The molecule has 0 heterocycles. The fourth-order valence-corrected chi connectivity index (χ4v) is 2.05. The van der Waals surface area contributed by atoms with Crippen LogP contribution in [-0.2, 0) is 0 Å². The Kier molecular flexibility index (Phi) is 4.16. The van der Waals surface area contributed by atoms with E-state index in [1.54, 1.807) is 13.0 Å². The number of carboxylic acids is 1. The van der Waals surface area contributed by atoms with Crippen LogP contribution in [0.2, 0.25) is 0 Å². The van der Waals surface area contributed by atoms with Gasteiger partial charge in [0.25, 0.3) is 0 Å². The predicted octanol–water partition coefficient (Wildman–Crippen LogP) is 3.96. The Labute approximate surface area is 119 Å². The van der Waals surface area contributed by atoms with Crippen LogP contribution in [0.3, 0.4) is 0 Å². The van der Waals surface area contributed by atoms with Crippen molar-refractivity contribution in [3.8, 4) is 0 Å². The first-order valence-corrected chi connectivity index (χ1v) is 6.20. The van der Waals surface area contributed by atoms with E-state index in [-0.39, 0.29) is 17.9 Å². The molecule has 1 N–H and O–H groups in total. The summed E-state index contributed by atoms with van der Waals surface area (Å²) >= 11 is 0. The summed E-state index contributed by atoms with van der Waals surface area (Å²) in [5.74, 6) is -4.93. The van der Waals surface area contributed by atoms with Crippen LogP contribution in [0, 0.1) is 17.5 Å². The van der Waals surface area contributed by atoms with Crippen LogP contribution < -0.4 is 4.90 Å². The second-order valence-corrected chi connectivity index (χ2v) is 4.26. The van der Waals surface area contributed by atoms with Crippen molar-refractivity contribution >= 4 is 17.3 Å². The monoisotopic (exact) mass is 295 g/mol. The minimum Gasteiger partial charge on any atom is -0.478 e. The van der Waals surface area contributed by atoms with Crippen LogP contribution in [0.4, 0.5) is 24.5 Å². The van der Waals surface area contributed by atoms with Crippen molar-refractivity contribution in [2.45, 2.75) is 6.92 Å². The van der Waals surface area contributed by atoms with Gasteiger partial charge >= 0.3 is 5.97 Å². The molecule has 0 atom stereocenters. The number of anilines is 2. The van der Waals surface area contributed by atoms with Gasteiger partial charge in [-0.25, -0.2) is 18.0 Å². The molecule has 0 bridgehead atoms. The second-order valence-electron chi connectivity index (χ2n) is 4.26. The number of aromatic carboxylic acids is 1. The van der Waals surface area contributed by atoms with Gasteiger partial charge in [-0.05, 0) is 31.2 Å². The molecule has 0 fully saturated rings. The zero-order chi connectivity index (χ0) is 15.6. The van der Waals surface area contributed by atoms with E-state index in [0.29, 0.717) is 0 Å². The van der Waals surface area contributed by atoms with Gasteiger partial charge in [0.1, 0.15) is 5.82 Å². The summed E-state index contributed by atoms with van der Waals surface area (Å²) in [4.78, 5) is 12.0. The number of carboxylic acid groups (broad SMARTS) is 1. The van der Waals surface area contributed by atoms with Gasteiger partial charge in [0.05, 0.1) is 16.9 Å². The molecule has 110 valence electrons. The minimum absolute atomic E-state index is 0.0846. The lowest BCUT2D eigenvalue weighted by Crippen LogP contribution is -2.20. The van der Waals surface area contributed by atoms with Crippen LogP contribution in [0.1, 0.15) is 17.3 Å². The molecular weight excluding hydrogens is 283 g/mol. The average molecular weight is 295 g/mol. The molecule has 0 amide bonds. The van der Waals surface area contributed by atoms with Crippen molar-refractivity contribution in [2.75, 3.05) is 11.4 Å². The zero-order valence-electron chi connectivity index (χ0n) is 11.1. The number of hydrogen-bond donors (Lipinski definition) is 1. The Morgan fingerprint density at radius 1 is 1.05 bits per heavy atom. The van der Waals surface area contributed by atoms with Crippen molar-refractivity contribution < 1.29 is 23.1 Å². The average Bonchev–Trinajstić information content (AvgIpc) is 2.45. The Hall–Kier alpha value is -2.50. The van der Waals surface area contributed by atoms with Gasteiger partial charge in [0, 0.05) is 6.54 Å². The van der Waals surface area contributed by atoms with Gasteiger partial charge in [-0.1, -0.05) is 12.1 Å². The maximum atomic E-state index is 14.1. The molecule has 2 aromatic carbocycles. The number of nitrogens with zero attached hydrogens (tertiary/aromatic N) is 1. The maximum absolute atomic E-state index is 14.1. The molecule has 0 aliphatic rings. The van der Waals surface area contributed by atoms with E-state index in [4.69, 9.17) is 5.11 Å². The predicted molar refractivity (Wildman–Crippen MR) is 72.4 cm³/mol. The number of carbonyl (C=O) groups is 1. The number of benzene rings is 2. The molecule has 2 rings (SSSR count). The standard InChI is InChI=1S/C15H12F3NO2/c1-2-19(11-6-4-3-5-10(11)16)12-8-7-9(15(20)21)13(17)14(12)18/h3-8H,2H2,1H3,(H,20,21). The SMILES string of the molecule is CCN(c1ccccc1F)c1ccc(C(=O)O)c(F)c1F. The molecule has 3 nitrogen and oxygen atoms in total. The maximum Gasteiger partial charge on any atom is 0.338 e. The van der Waals surface area contributed by atoms with Gasteiger partial charge in [-0.15, -0.1) is 0 Å². The fraction of sp³-hybridized carbons (Fsp3) is 0.133. The van der Waals surface area contributed by atoms with Crippen LogP contribution in [0.25, 0.3) is 0 Å². The smallest absolute Gasteiger partial charge is 0.338 e. The van der Waals surface area contributed by atoms with E-state index in [1.165, 1.54) is 23.1 Å². The van der Waals surface area contributed by atoms with E-state index in [0.717, 1.165) is 12.1 Å². The van der Waals surface area contributed by atoms with Crippen LogP contribution in [0.15, 0.2) is 36.4 Å². The Morgan fingerprint density at radius 2 is 1.71 bits per heavy atom. The van der Waals surface area contributed by atoms with E-state index in [9.17, 15) is 18.0 Å². The van der Waals surface area contributed by atoms with E-state index >= 15 is 0 Å². The molecule has 0 aliphatic heterocycles. The lowest BCUT2D eigenvalue weighted by atomic mass is 10.1. The Bertz CT molecular complexity index is 689. The highest BCUT2D eigenvalue weighted by Gasteiger charge is 2.22. The quantitative estimate of drug-likeness (QED) is 0.928. The highest BCUT2D eigenvalue weighted by Crippen LogP contribution is 2.31. The van der Waals surface area contributed by atoms with E-state index in [2.05, 4.69) is 0 Å². The summed E-state index contributed by atoms with van der Waals surface area (Å²) in [6.45, 7) is 1.83. The first kappa shape index (κ1) is 14.9. The van der Waals surface area contributed by atoms with Crippen molar-refractivity contribution in [3.63, 3.8) is 0 Å². The van der Waals surface area contributed by atoms with Gasteiger partial charge in [0.2, 0.25) is 0 Å². The summed E-state index contributed by atoms with van der Waals surface area (Å²) in [5.41, 5.74) is -0.896. The lowest BCUT2D eigenvalue weighted by Gasteiger charge is -2.24. The molecule has 0 aliphatic carbocycles. The van der Waals surface area contributed by atoms with Crippen LogP contribution in [0.5, 0.6) is 0 Å². The number of hydrogen-bond acceptors (Lipinski definition) is 2. The number of rotatable bonds is 4. The van der Waals surface area contributed by atoms with E-state index < -0.39 is 29.0 Å². The lowest BCUT2D eigenvalue weighted by molar-refractivity contribution is 0.0690. The molecular formula is C15H12F3NO2. The first-order valence-electron chi connectivity index (χ1n) is 6.20. The number of para-hydroxylation sites is 1. The van der Waals surface area contributed by atoms with E-state index in [1.807, 2.05) is 0 Å². The molecule has 6 heteroatoms.